The molecule has 1 aliphatic heterocycles. The largest absolute Gasteiger partial charge is 0.493 e. The molecule has 0 spiro atoms. The molecule has 1 heterocycles. The molecule has 1 nitrogen and oxygen atoms in total. The molecule has 1 atom stereocenters. The van der Waals surface area contributed by atoms with Gasteiger partial charge in [-0.25, -0.2) is 8.78 Å². The van der Waals surface area contributed by atoms with Crippen LogP contribution in [-0.2, 0) is 12.8 Å². The second-order valence-corrected chi connectivity index (χ2v) is 5.41. The molecule has 0 fully saturated rings. The van der Waals surface area contributed by atoms with Crippen molar-refractivity contribution in [2.24, 2.45) is 0 Å². The van der Waals surface area contributed by atoms with Gasteiger partial charge in [-0.3, -0.25) is 0 Å². The predicted octanol–water partition coefficient (Wildman–Crippen LogP) is 4.42. The minimum atomic E-state index is -0.839. The summed E-state index contributed by atoms with van der Waals surface area (Å²) in [5.41, 5.74) is 2.81. The van der Waals surface area contributed by atoms with Crippen molar-refractivity contribution in [1.29, 1.82) is 0 Å². The Hall–Kier alpha value is -1.61. The van der Waals surface area contributed by atoms with Gasteiger partial charge in [0.2, 0.25) is 0 Å². The van der Waals surface area contributed by atoms with Gasteiger partial charge in [0.15, 0.2) is 11.6 Å². The van der Waals surface area contributed by atoms with E-state index >= 15 is 0 Å². The van der Waals surface area contributed by atoms with Crippen LogP contribution in [0, 0.1) is 11.6 Å². The minimum Gasteiger partial charge on any atom is -0.493 e. The third-order valence-electron chi connectivity index (χ3n) is 3.47. The van der Waals surface area contributed by atoms with E-state index in [9.17, 15) is 8.78 Å². The van der Waals surface area contributed by atoms with Crippen molar-refractivity contribution in [2.75, 3.05) is 6.61 Å². The van der Waals surface area contributed by atoms with Gasteiger partial charge in [-0.15, -0.1) is 11.6 Å². The van der Waals surface area contributed by atoms with Crippen LogP contribution in [-0.4, -0.2) is 6.61 Å². The average Bonchev–Trinajstić information content (AvgIpc) is 2.90. The topological polar surface area (TPSA) is 9.23 Å². The Bertz CT molecular complexity index is 642. The molecule has 4 heteroatoms. The Morgan fingerprint density at radius 3 is 2.75 bits per heavy atom. The Kier molecular flexibility index (Phi) is 3.62. The fraction of sp³-hybridized carbons (Fsp3) is 0.250. The van der Waals surface area contributed by atoms with E-state index in [1.807, 2.05) is 18.2 Å². The molecule has 0 bridgehead atoms. The summed E-state index contributed by atoms with van der Waals surface area (Å²) in [6.45, 7) is 0.703. The Balaban J connectivity index is 1.78. The SMILES string of the molecule is Fc1ccc(CC(Cl)c2ccc3c(c2)CCO3)cc1F. The lowest BCUT2D eigenvalue weighted by atomic mass is 10.0. The summed E-state index contributed by atoms with van der Waals surface area (Å²) < 4.78 is 31.5. The third-order valence-corrected chi connectivity index (χ3v) is 3.88. The van der Waals surface area contributed by atoms with E-state index < -0.39 is 11.6 Å². The average molecular weight is 295 g/mol. The Morgan fingerprint density at radius 1 is 1.10 bits per heavy atom. The molecule has 0 saturated heterocycles. The second kappa shape index (κ2) is 5.41. The van der Waals surface area contributed by atoms with Crippen LogP contribution in [0.4, 0.5) is 8.78 Å². The molecule has 0 aromatic heterocycles. The van der Waals surface area contributed by atoms with Gasteiger partial charge in [0.25, 0.3) is 0 Å². The van der Waals surface area contributed by atoms with E-state index in [1.54, 1.807) is 6.07 Å². The first-order chi connectivity index (χ1) is 9.63. The van der Waals surface area contributed by atoms with E-state index in [2.05, 4.69) is 0 Å². The van der Waals surface area contributed by atoms with Crippen molar-refractivity contribution in [3.63, 3.8) is 0 Å². The smallest absolute Gasteiger partial charge is 0.159 e. The molecule has 1 aliphatic rings. The van der Waals surface area contributed by atoms with E-state index in [4.69, 9.17) is 16.3 Å². The summed E-state index contributed by atoms with van der Waals surface area (Å²) in [4.78, 5) is 0. The number of hydrogen-bond acceptors (Lipinski definition) is 1. The number of rotatable bonds is 3. The predicted molar refractivity (Wildman–Crippen MR) is 74.3 cm³/mol. The van der Waals surface area contributed by atoms with Gasteiger partial charge in [-0.2, -0.15) is 0 Å². The fourth-order valence-corrected chi connectivity index (χ4v) is 2.71. The number of hydrogen-bond donors (Lipinski definition) is 0. The van der Waals surface area contributed by atoms with E-state index in [-0.39, 0.29) is 5.38 Å². The fourth-order valence-electron chi connectivity index (χ4n) is 2.39. The van der Waals surface area contributed by atoms with Crippen LogP contribution in [0.5, 0.6) is 5.75 Å². The number of fused-ring (bicyclic) bond motifs is 1. The molecular weight excluding hydrogens is 282 g/mol. The first-order valence-electron chi connectivity index (χ1n) is 6.47. The molecule has 3 rings (SSSR count). The number of alkyl halides is 1. The van der Waals surface area contributed by atoms with Crippen molar-refractivity contribution < 1.29 is 13.5 Å². The van der Waals surface area contributed by atoms with Gasteiger partial charge in [-0.05, 0) is 41.3 Å². The van der Waals surface area contributed by atoms with E-state index in [0.29, 0.717) is 18.6 Å². The molecule has 2 aromatic carbocycles. The Morgan fingerprint density at radius 2 is 1.95 bits per heavy atom. The van der Waals surface area contributed by atoms with Crippen LogP contribution in [0.15, 0.2) is 36.4 Å². The highest BCUT2D eigenvalue weighted by atomic mass is 35.5. The number of benzene rings is 2. The molecule has 0 saturated carbocycles. The van der Waals surface area contributed by atoms with E-state index in [1.165, 1.54) is 6.07 Å². The van der Waals surface area contributed by atoms with Gasteiger partial charge >= 0.3 is 0 Å². The van der Waals surface area contributed by atoms with Gasteiger partial charge < -0.3 is 4.74 Å². The van der Waals surface area contributed by atoms with Crippen molar-refractivity contribution in [3.8, 4) is 5.75 Å². The van der Waals surface area contributed by atoms with Crippen LogP contribution < -0.4 is 4.74 Å². The monoisotopic (exact) mass is 294 g/mol. The van der Waals surface area contributed by atoms with Crippen LogP contribution in [0.2, 0.25) is 0 Å². The lowest BCUT2D eigenvalue weighted by molar-refractivity contribution is 0.357. The maximum atomic E-state index is 13.2. The van der Waals surface area contributed by atoms with Crippen LogP contribution in [0.3, 0.4) is 0 Å². The lowest BCUT2D eigenvalue weighted by Gasteiger charge is -2.11. The zero-order valence-electron chi connectivity index (χ0n) is 10.7. The van der Waals surface area contributed by atoms with Crippen molar-refractivity contribution in [1.82, 2.24) is 0 Å². The third kappa shape index (κ3) is 2.63. The molecule has 0 radical (unpaired) electrons. The molecule has 20 heavy (non-hydrogen) atoms. The number of halogens is 3. The second-order valence-electron chi connectivity index (χ2n) is 4.89. The lowest BCUT2D eigenvalue weighted by Crippen LogP contribution is -1.98. The molecule has 0 amide bonds. The highest BCUT2D eigenvalue weighted by molar-refractivity contribution is 6.20. The molecule has 0 aliphatic carbocycles. The van der Waals surface area contributed by atoms with E-state index in [0.717, 1.165) is 29.4 Å². The van der Waals surface area contributed by atoms with Crippen molar-refractivity contribution in [2.45, 2.75) is 18.2 Å². The first-order valence-corrected chi connectivity index (χ1v) is 6.91. The summed E-state index contributed by atoms with van der Waals surface area (Å²) in [5, 5.41) is -0.272. The quantitative estimate of drug-likeness (QED) is 0.761. The Labute approximate surface area is 121 Å². The highest BCUT2D eigenvalue weighted by Gasteiger charge is 2.16. The van der Waals surface area contributed by atoms with Gasteiger partial charge in [0, 0.05) is 6.42 Å². The van der Waals surface area contributed by atoms with Gasteiger partial charge in [0.1, 0.15) is 5.75 Å². The summed E-state index contributed by atoms with van der Waals surface area (Å²) in [5.74, 6) is -0.770. The van der Waals surface area contributed by atoms with Crippen LogP contribution >= 0.6 is 11.6 Å². The maximum absolute atomic E-state index is 13.2. The summed E-state index contributed by atoms with van der Waals surface area (Å²) >= 11 is 6.38. The molecule has 1 unspecified atom stereocenters. The molecule has 0 N–H and O–H groups in total. The highest BCUT2D eigenvalue weighted by Crippen LogP contribution is 2.32. The molecular formula is C16H13ClF2O. The van der Waals surface area contributed by atoms with Crippen LogP contribution in [0.25, 0.3) is 0 Å². The van der Waals surface area contributed by atoms with Crippen molar-refractivity contribution in [3.05, 3.63) is 64.7 Å². The molecule has 2 aromatic rings. The zero-order valence-corrected chi connectivity index (χ0v) is 11.5. The zero-order chi connectivity index (χ0) is 14.1. The summed E-state index contributed by atoms with van der Waals surface area (Å²) in [7, 11) is 0. The minimum absolute atomic E-state index is 0.272. The normalized spacial score (nSPS) is 14.8. The molecule has 104 valence electrons. The number of ether oxygens (including phenoxy) is 1. The first kappa shape index (κ1) is 13.4. The standard InChI is InChI=1S/C16H13ClF2O/c17-13(7-10-1-3-14(18)15(19)8-10)11-2-4-16-12(9-11)5-6-20-16/h1-4,8-9,13H,5-7H2. The van der Waals surface area contributed by atoms with Crippen molar-refractivity contribution >= 4 is 11.6 Å². The van der Waals surface area contributed by atoms with Crippen LogP contribution in [0.1, 0.15) is 22.1 Å². The summed E-state index contributed by atoms with van der Waals surface area (Å²) in [6, 6.07) is 9.75. The summed E-state index contributed by atoms with van der Waals surface area (Å²) in [6.07, 6.45) is 1.34. The van der Waals surface area contributed by atoms with Gasteiger partial charge in [0.05, 0.1) is 12.0 Å². The van der Waals surface area contributed by atoms with Gasteiger partial charge in [-0.1, -0.05) is 18.2 Å². The maximum Gasteiger partial charge on any atom is 0.159 e.